The molecule has 2 aromatic rings. The summed E-state index contributed by atoms with van der Waals surface area (Å²) in [6.45, 7) is 2.50. The number of aliphatic hydroxyl groups excluding tert-OH is 1. The van der Waals surface area contributed by atoms with E-state index in [0.29, 0.717) is 6.54 Å². The van der Waals surface area contributed by atoms with Crippen molar-refractivity contribution in [3.63, 3.8) is 0 Å². The van der Waals surface area contributed by atoms with E-state index < -0.39 is 6.10 Å². The average molecular weight is 373 g/mol. The number of nitrogens with two attached hydrogens (primary N) is 1. The first-order chi connectivity index (χ1) is 8.63. The minimum atomic E-state index is -0.532. The summed E-state index contributed by atoms with van der Waals surface area (Å²) in [5.41, 5.74) is 9.13. The quantitative estimate of drug-likeness (QED) is 0.807. The molecule has 0 aliphatic heterocycles. The maximum absolute atomic E-state index is 10.5. The van der Waals surface area contributed by atoms with E-state index in [2.05, 4.69) is 35.6 Å². The molecule has 2 atom stereocenters. The Balaban J connectivity index is 2.32. The van der Waals surface area contributed by atoms with Gasteiger partial charge in [-0.2, -0.15) is 0 Å². The van der Waals surface area contributed by atoms with Gasteiger partial charge in [-0.25, -0.2) is 0 Å². The van der Waals surface area contributed by atoms with Crippen molar-refractivity contribution in [2.24, 2.45) is 5.73 Å². The van der Waals surface area contributed by atoms with Crippen LogP contribution in [0.15, 0.2) is 35.7 Å². The Labute approximate surface area is 125 Å². The fraction of sp³-hybridized carbons (Fsp3) is 0.286. The maximum atomic E-state index is 10.5. The summed E-state index contributed by atoms with van der Waals surface area (Å²) in [4.78, 5) is 0. The molecular weight excluding hydrogens is 357 g/mol. The van der Waals surface area contributed by atoms with Gasteiger partial charge in [-0.1, -0.05) is 24.3 Å². The van der Waals surface area contributed by atoms with Crippen LogP contribution in [0.4, 0.5) is 0 Å². The Morgan fingerprint density at radius 2 is 2.11 bits per heavy atom. The van der Waals surface area contributed by atoms with E-state index in [-0.39, 0.29) is 5.92 Å². The van der Waals surface area contributed by atoms with Crippen LogP contribution in [0.3, 0.4) is 0 Å². The van der Waals surface area contributed by atoms with Crippen molar-refractivity contribution in [1.29, 1.82) is 0 Å². The zero-order chi connectivity index (χ0) is 13.1. The number of benzene rings is 1. The molecule has 0 aliphatic rings. The number of aryl methyl sites for hydroxylation is 1. The zero-order valence-electron chi connectivity index (χ0n) is 10.1. The normalized spacial score (nSPS) is 14.4. The summed E-state index contributed by atoms with van der Waals surface area (Å²) in [5, 5.41) is 12.5. The highest BCUT2D eigenvalue weighted by atomic mass is 127. The number of thiophene rings is 1. The smallest absolute Gasteiger partial charge is 0.0879 e. The SMILES string of the molecule is Cc1ccccc1C(CN)C(O)c1csc(I)c1. The van der Waals surface area contributed by atoms with E-state index in [9.17, 15) is 5.11 Å². The van der Waals surface area contributed by atoms with Crippen molar-refractivity contribution in [2.45, 2.75) is 18.9 Å². The Kier molecular flexibility index (Phi) is 4.77. The lowest BCUT2D eigenvalue weighted by Gasteiger charge is -2.23. The van der Waals surface area contributed by atoms with Crippen LogP contribution in [0.2, 0.25) is 0 Å². The van der Waals surface area contributed by atoms with Crippen molar-refractivity contribution in [1.82, 2.24) is 0 Å². The van der Waals surface area contributed by atoms with E-state index in [1.54, 1.807) is 11.3 Å². The number of rotatable bonds is 4. The van der Waals surface area contributed by atoms with Gasteiger partial charge >= 0.3 is 0 Å². The summed E-state index contributed by atoms with van der Waals surface area (Å²) in [7, 11) is 0. The highest BCUT2D eigenvalue weighted by Gasteiger charge is 2.23. The molecule has 4 heteroatoms. The van der Waals surface area contributed by atoms with Gasteiger partial charge in [0.05, 0.1) is 8.99 Å². The molecule has 0 fully saturated rings. The standard InChI is InChI=1S/C14H16INOS/c1-9-4-2-3-5-11(9)12(7-16)14(17)10-6-13(15)18-8-10/h2-6,8,12,14,17H,7,16H2,1H3. The maximum Gasteiger partial charge on any atom is 0.0879 e. The monoisotopic (exact) mass is 373 g/mol. The Bertz CT molecular complexity index is 526. The van der Waals surface area contributed by atoms with Gasteiger partial charge in [0.25, 0.3) is 0 Å². The molecule has 1 aromatic carbocycles. The lowest BCUT2D eigenvalue weighted by atomic mass is 9.88. The van der Waals surface area contributed by atoms with Crippen molar-refractivity contribution in [2.75, 3.05) is 6.54 Å². The molecule has 0 radical (unpaired) electrons. The molecule has 1 aromatic heterocycles. The van der Waals surface area contributed by atoms with Crippen molar-refractivity contribution in [3.05, 3.63) is 55.3 Å². The lowest BCUT2D eigenvalue weighted by Crippen LogP contribution is -2.20. The van der Waals surface area contributed by atoms with Gasteiger partial charge in [0.15, 0.2) is 0 Å². The molecule has 0 bridgehead atoms. The van der Waals surface area contributed by atoms with Gasteiger partial charge in [0.1, 0.15) is 0 Å². The number of hydrogen-bond donors (Lipinski definition) is 2. The molecule has 0 saturated heterocycles. The summed E-state index contributed by atoms with van der Waals surface area (Å²) >= 11 is 3.91. The fourth-order valence-corrected chi connectivity index (χ4v) is 3.54. The molecule has 0 saturated carbocycles. The Morgan fingerprint density at radius 1 is 1.39 bits per heavy atom. The van der Waals surface area contributed by atoms with Crippen LogP contribution in [0.1, 0.15) is 28.7 Å². The van der Waals surface area contributed by atoms with Gasteiger partial charge in [-0.15, -0.1) is 11.3 Å². The van der Waals surface area contributed by atoms with Gasteiger partial charge in [-0.3, -0.25) is 0 Å². The molecule has 3 N–H and O–H groups in total. The van der Waals surface area contributed by atoms with Gasteiger partial charge in [-0.05, 0) is 57.7 Å². The van der Waals surface area contributed by atoms with E-state index in [4.69, 9.17) is 5.73 Å². The fourth-order valence-electron chi connectivity index (χ4n) is 2.14. The molecule has 0 spiro atoms. The first-order valence-corrected chi connectivity index (χ1v) is 7.77. The van der Waals surface area contributed by atoms with Crippen LogP contribution in [-0.2, 0) is 0 Å². The predicted molar refractivity (Wildman–Crippen MR) is 85.0 cm³/mol. The largest absolute Gasteiger partial charge is 0.388 e. The predicted octanol–water partition coefficient (Wildman–Crippen LogP) is 3.44. The number of halogens is 1. The van der Waals surface area contributed by atoms with Crippen LogP contribution >= 0.6 is 33.9 Å². The summed E-state index contributed by atoms with van der Waals surface area (Å²) in [5.74, 6) is -0.0448. The molecule has 1 heterocycles. The van der Waals surface area contributed by atoms with Crippen LogP contribution in [0.25, 0.3) is 0 Å². The molecule has 2 nitrogen and oxygen atoms in total. The van der Waals surface area contributed by atoms with Crippen molar-refractivity contribution in [3.8, 4) is 0 Å². The minimum absolute atomic E-state index is 0.0448. The van der Waals surface area contributed by atoms with Crippen LogP contribution < -0.4 is 5.73 Å². The van der Waals surface area contributed by atoms with Crippen LogP contribution in [-0.4, -0.2) is 11.7 Å². The van der Waals surface area contributed by atoms with Crippen molar-refractivity contribution < 1.29 is 5.11 Å². The van der Waals surface area contributed by atoms with E-state index >= 15 is 0 Å². The topological polar surface area (TPSA) is 46.2 Å². The Morgan fingerprint density at radius 3 is 2.67 bits per heavy atom. The minimum Gasteiger partial charge on any atom is -0.388 e. The Hall–Kier alpha value is -0.430. The van der Waals surface area contributed by atoms with E-state index in [1.165, 1.54) is 8.45 Å². The third-order valence-corrected chi connectivity index (χ3v) is 4.96. The summed E-state index contributed by atoms with van der Waals surface area (Å²) in [6.07, 6.45) is -0.532. The van der Waals surface area contributed by atoms with Gasteiger partial charge in [0.2, 0.25) is 0 Å². The second-order valence-electron chi connectivity index (χ2n) is 4.33. The highest BCUT2D eigenvalue weighted by molar-refractivity contribution is 14.1. The van der Waals surface area contributed by atoms with Gasteiger partial charge < -0.3 is 10.8 Å². The first kappa shape index (κ1) is 14.0. The van der Waals surface area contributed by atoms with Gasteiger partial charge in [0, 0.05) is 12.5 Å². The van der Waals surface area contributed by atoms with E-state index in [1.807, 2.05) is 29.6 Å². The second kappa shape index (κ2) is 6.14. The third-order valence-electron chi connectivity index (χ3n) is 3.15. The first-order valence-electron chi connectivity index (χ1n) is 5.81. The summed E-state index contributed by atoms with van der Waals surface area (Å²) in [6, 6.07) is 10.1. The third kappa shape index (κ3) is 2.93. The molecule has 0 amide bonds. The molecule has 0 aliphatic carbocycles. The molecule has 2 rings (SSSR count). The molecule has 2 unspecified atom stereocenters. The number of aliphatic hydroxyl groups is 1. The second-order valence-corrected chi connectivity index (χ2v) is 7.13. The molecule has 96 valence electrons. The van der Waals surface area contributed by atoms with E-state index in [0.717, 1.165) is 11.1 Å². The van der Waals surface area contributed by atoms with Crippen molar-refractivity contribution >= 4 is 33.9 Å². The zero-order valence-corrected chi connectivity index (χ0v) is 13.1. The summed E-state index contributed by atoms with van der Waals surface area (Å²) < 4.78 is 1.18. The lowest BCUT2D eigenvalue weighted by molar-refractivity contribution is 0.147. The molecular formula is C14H16INOS. The number of hydrogen-bond acceptors (Lipinski definition) is 3. The highest BCUT2D eigenvalue weighted by Crippen LogP contribution is 2.34. The van der Waals surface area contributed by atoms with Crippen LogP contribution in [0, 0.1) is 9.81 Å². The average Bonchev–Trinajstić information content (AvgIpc) is 2.79. The molecule has 18 heavy (non-hydrogen) atoms. The van der Waals surface area contributed by atoms with Crippen LogP contribution in [0.5, 0.6) is 0 Å².